The third-order valence-corrected chi connectivity index (χ3v) is 1.52. The van der Waals surface area contributed by atoms with Gasteiger partial charge in [-0.2, -0.15) is 0 Å². The molecule has 1 N–H and O–H groups in total. The monoisotopic (exact) mass is 190 g/mol. The van der Waals surface area contributed by atoms with Crippen molar-refractivity contribution >= 4 is 0 Å². The Morgan fingerprint density at radius 2 is 1.85 bits per heavy atom. The molecule has 13 heavy (non-hydrogen) atoms. The second kappa shape index (κ2) is 6.35. The largest absolute Gasteiger partial charge is 0.343 e. The number of aliphatic hydroxyl groups is 1. The van der Waals surface area contributed by atoms with Crippen molar-refractivity contribution in [1.82, 2.24) is 0 Å². The fourth-order valence-corrected chi connectivity index (χ4v) is 1.11. The zero-order valence-electron chi connectivity index (χ0n) is 9.17. The second-order valence-electron chi connectivity index (χ2n) is 3.48. The van der Waals surface area contributed by atoms with Crippen molar-refractivity contribution in [3.63, 3.8) is 0 Å². The second-order valence-corrected chi connectivity index (χ2v) is 3.48. The number of hydrogen-bond donors (Lipinski definition) is 1. The number of ether oxygens (including phenoxy) is 2. The predicted molar refractivity (Wildman–Crippen MR) is 52.3 cm³/mol. The van der Waals surface area contributed by atoms with Crippen LogP contribution < -0.4 is 0 Å². The Balaban J connectivity index is 3.99. The SMILES string of the molecule is CCCOC(O)(CCC)OC(C)C. The molecule has 0 amide bonds. The van der Waals surface area contributed by atoms with Gasteiger partial charge < -0.3 is 14.6 Å². The molecule has 0 saturated carbocycles. The highest BCUT2D eigenvalue weighted by Crippen LogP contribution is 2.18. The Morgan fingerprint density at radius 1 is 1.23 bits per heavy atom. The summed E-state index contributed by atoms with van der Waals surface area (Å²) in [6.07, 6.45) is 2.22. The first-order chi connectivity index (χ1) is 6.04. The van der Waals surface area contributed by atoms with Gasteiger partial charge in [-0.15, -0.1) is 0 Å². The molecule has 0 aliphatic heterocycles. The minimum Gasteiger partial charge on any atom is -0.343 e. The van der Waals surface area contributed by atoms with Crippen molar-refractivity contribution < 1.29 is 14.6 Å². The van der Waals surface area contributed by atoms with E-state index in [1.807, 2.05) is 27.7 Å². The lowest BCUT2D eigenvalue weighted by Crippen LogP contribution is -2.38. The van der Waals surface area contributed by atoms with E-state index in [-0.39, 0.29) is 6.10 Å². The van der Waals surface area contributed by atoms with Crippen LogP contribution in [0.25, 0.3) is 0 Å². The van der Waals surface area contributed by atoms with E-state index in [2.05, 4.69) is 0 Å². The van der Waals surface area contributed by atoms with Crippen LogP contribution in [0.15, 0.2) is 0 Å². The zero-order valence-corrected chi connectivity index (χ0v) is 9.17. The van der Waals surface area contributed by atoms with E-state index in [4.69, 9.17) is 9.47 Å². The van der Waals surface area contributed by atoms with Crippen LogP contribution >= 0.6 is 0 Å². The molecule has 0 aromatic carbocycles. The maximum atomic E-state index is 9.87. The Bertz CT molecular complexity index is 125. The van der Waals surface area contributed by atoms with Crippen LogP contribution in [0.3, 0.4) is 0 Å². The standard InChI is InChI=1S/C10H22O3/c1-5-7-10(11,12-8-6-2)13-9(3)4/h9,11H,5-8H2,1-4H3. The number of rotatable bonds is 7. The van der Waals surface area contributed by atoms with E-state index in [9.17, 15) is 5.11 Å². The van der Waals surface area contributed by atoms with Crippen molar-refractivity contribution in [2.24, 2.45) is 0 Å². The first-order valence-electron chi connectivity index (χ1n) is 5.08. The third kappa shape index (κ3) is 6.02. The Morgan fingerprint density at radius 3 is 2.23 bits per heavy atom. The minimum atomic E-state index is -1.38. The summed E-state index contributed by atoms with van der Waals surface area (Å²) in [5.41, 5.74) is 0. The van der Waals surface area contributed by atoms with Gasteiger partial charge in [0.15, 0.2) is 0 Å². The van der Waals surface area contributed by atoms with Crippen molar-refractivity contribution in [3.05, 3.63) is 0 Å². The molecule has 0 aromatic rings. The van der Waals surface area contributed by atoms with E-state index in [0.29, 0.717) is 13.0 Å². The van der Waals surface area contributed by atoms with Gasteiger partial charge in [0.1, 0.15) is 0 Å². The highest BCUT2D eigenvalue weighted by atomic mass is 16.8. The van der Waals surface area contributed by atoms with Crippen LogP contribution in [0.1, 0.15) is 47.0 Å². The molecule has 0 radical (unpaired) electrons. The molecular formula is C10H22O3. The summed E-state index contributed by atoms with van der Waals surface area (Å²) < 4.78 is 10.6. The fourth-order valence-electron chi connectivity index (χ4n) is 1.11. The van der Waals surface area contributed by atoms with Crippen LogP contribution in [-0.2, 0) is 9.47 Å². The Kier molecular flexibility index (Phi) is 6.29. The lowest BCUT2D eigenvalue weighted by Gasteiger charge is -2.29. The Labute approximate surface area is 81.0 Å². The average Bonchev–Trinajstić information content (AvgIpc) is 2.00. The maximum absolute atomic E-state index is 9.87. The average molecular weight is 190 g/mol. The van der Waals surface area contributed by atoms with Crippen molar-refractivity contribution in [3.8, 4) is 0 Å². The molecule has 3 nitrogen and oxygen atoms in total. The van der Waals surface area contributed by atoms with Crippen LogP contribution in [0.4, 0.5) is 0 Å². The smallest absolute Gasteiger partial charge is 0.280 e. The van der Waals surface area contributed by atoms with Gasteiger partial charge in [0.2, 0.25) is 0 Å². The highest BCUT2D eigenvalue weighted by Gasteiger charge is 2.28. The lowest BCUT2D eigenvalue weighted by molar-refractivity contribution is -0.374. The molecule has 1 atom stereocenters. The van der Waals surface area contributed by atoms with Gasteiger partial charge in [-0.25, -0.2) is 0 Å². The van der Waals surface area contributed by atoms with E-state index in [1.165, 1.54) is 0 Å². The molecule has 1 unspecified atom stereocenters. The predicted octanol–water partition coefficient (Wildman–Crippen LogP) is 2.28. The van der Waals surface area contributed by atoms with E-state index in [0.717, 1.165) is 12.8 Å². The van der Waals surface area contributed by atoms with Crippen molar-refractivity contribution in [2.45, 2.75) is 59.0 Å². The molecule has 3 heteroatoms. The van der Waals surface area contributed by atoms with Crippen LogP contribution in [0.5, 0.6) is 0 Å². The van der Waals surface area contributed by atoms with Gasteiger partial charge in [-0.05, 0) is 26.7 Å². The quantitative estimate of drug-likeness (QED) is 0.626. The molecule has 0 saturated heterocycles. The Hall–Kier alpha value is -0.120. The molecule has 0 aliphatic rings. The summed E-state index contributed by atoms with van der Waals surface area (Å²) in [4.78, 5) is 0. The first-order valence-corrected chi connectivity index (χ1v) is 5.08. The summed E-state index contributed by atoms with van der Waals surface area (Å²) in [6, 6.07) is 0. The van der Waals surface area contributed by atoms with Gasteiger partial charge in [-0.3, -0.25) is 0 Å². The number of hydrogen-bond acceptors (Lipinski definition) is 3. The molecule has 0 fully saturated rings. The zero-order chi connectivity index (χ0) is 10.3. The summed E-state index contributed by atoms with van der Waals surface area (Å²) in [5.74, 6) is -1.38. The van der Waals surface area contributed by atoms with Gasteiger partial charge in [0.05, 0.1) is 12.7 Å². The maximum Gasteiger partial charge on any atom is 0.280 e. The van der Waals surface area contributed by atoms with Crippen LogP contribution in [0, 0.1) is 0 Å². The van der Waals surface area contributed by atoms with E-state index in [1.54, 1.807) is 0 Å². The lowest BCUT2D eigenvalue weighted by atomic mass is 10.3. The van der Waals surface area contributed by atoms with Gasteiger partial charge >= 0.3 is 0 Å². The molecule has 80 valence electrons. The third-order valence-electron chi connectivity index (χ3n) is 1.52. The van der Waals surface area contributed by atoms with E-state index < -0.39 is 5.97 Å². The molecule has 0 spiro atoms. The minimum absolute atomic E-state index is 0.0200. The normalized spacial score (nSPS) is 16.2. The van der Waals surface area contributed by atoms with Crippen LogP contribution in [0.2, 0.25) is 0 Å². The fraction of sp³-hybridized carbons (Fsp3) is 1.00. The molecular weight excluding hydrogens is 168 g/mol. The summed E-state index contributed by atoms with van der Waals surface area (Å²) in [6.45, 7) is 8.29. The molecule has 0 aliphatic carbocycles. The highest BCUT2D eigenvalue weighted by molar-refractivity contribution is 4.55. The van der Waals surface area contributed by atoms with Gasteiger partial charge in [0, 0.05) is 6.42 Å². The molecule has 0 aromatic heterocycles. The topological polar surface area (TPSA) is 38.7 Å². The summed E-state index contributed by atoms with van der Waals surface area (Å²) >= 11 is 0. The van der Waals surface area contributed by atoms with Crippen LogP contribution in [-0.4, -0.2) is 23.8 Å². The molecule has 0 rings (SSSR count). The van der Waals surface area contributed by atoms with Gasteiger partial charge in [0.25, 0.3) is 5.97 Å². The van der Waals surface area contributed by atoms with E-state index >= 15 is 0 Å². The van der Waals surface area contributed by atoms with Crippen molar-refractivity contribution in [2.75, 3.05) is 6.61 Å². The molecule has 0 bridgehead atoms. The van der Waals surface area contributed by atoms with Crippen molar-refractivity contribution in [1.29, 1.82) is 0 Å². The summed E-state index contributed by atoms with van der Waals surface area (Å²) in [5, 5.41) is 9.87. The summed E-state index contributed by atoms with van der Waals surface area (Å²) in [7, 11) is 0. The molecule has 0 heterocycles. The first kappa shape index (κ1) is 12.9. The van der Waals surface area contributed by atoms with Gasteiger partial charge in [-0.1, -0.05) is 13.8 Å².